The fourth-order valence-corrected chi connectivity index (χ4v) is 3.48. The van der Waals surface area contributed by atoms with Crippen LogP contribution in [0.2, 0.25) is 0 Å². The largest absolute Gasteiger partial charge is 0.383 e. The van der Waals surface area contributed by atoms with E-state index in [1.807, 2.05) is 67.6 Å². The molecular weight excluding hydrogens is 440 g/mol. The molecule has 7 nitrogen and oxygen atoms in total. The molecule has 0 unspecified atom stereocenters. The zero-order chi connectivity index (χ0) is 25.4. The summed E-state index contributed by atoms with van der Waals surface area (Å²) in [4.78, 5) is 27.4. The molecule has 1 aromatic heterocycles. The zero-order valence-corrected chi connectivity index (χ0v) is 21.1. The third-order valence-electron chi connectivity index (χ3n) is 5.52. The molecule has 0 aliphatic heterocycles. The SMILES string of the molecule is COCCN(CC(=O)Nc1cc(C(C)(C)C)nn1-c1ccccc1C)C(=O)C=Cc1ccccc1. The first kappa shape index (κ1) is 25.9. The van der Waals surface area contributed by atoms with Gasteiger partial charge >= 0.3 is 0 Å². The van der Waals surface area contributed by atoms with Gasteiger partial charge in [0.15, 0.2) is 0 Å². The van der Waals surface area contributed by atoms with Crippen LogP contribution in [0.4, 0.5) is 5.82 Å². The topological polar surface area (TPSA) is 76.5 Å². The average Bonchev–Trinajstić information content (AvgIpc) is 3.25. The van der Waals surface area contributed by atoms with Gasteiger partial charge in [-0.15, -0.1) is 0 Å². The highest BCUT2D eigenvalue weighted by Gasteiger charge is 2.23. The van der Waals surface area contributed by atoms with Crippen LogP contribution < -0.4 is 5.32 Å². The van der Waals surface area contributed by atoms with Crippen molar-refractivity contribution in [3.63, 3.8) is 0 Å². The van der Waals surface area contributed by atoms with E-state index < -0.39 is 0 Å². The van der Waals surface area contributed by atoms with Crippen LogP contribution in [-0.4, -0.2) is 53.3 Å². The first-order chi connectivity index (χ1) is 16.7. The molecule has 0 atom stereocenters. The summed E-state index contributed by atoms with van der Waals surface area (Å²) >= 11 is 0. The Morgan fingerprint density at radius 1 is 1.09 bits per heavy atom. The molecule has 3 rings (SSSR count). The third kappa shape index (κ3) is 7.13. The van der Waals surface area contributed by atoms with Gasteiger partial charge in [-0.05, 0) is 30.2 Å². The van der Waals surface area contributed by atoms with Crippen LogP contribution in [0.5, 0.6) is 0 Å². The first-order valence-electron chi connectivity index (χ1n) is 11.7. The van der Waals surface area contributed by atoms with Crippen molar-refractivity contribution in [2.45, 2.75) is 33.1 Å². The van der Waals surface area contributed by atoms with E-state index in [1.165, 1.54) is 11.0 Å². The number of para-hydroxylation sites is 1. The molecule has 2 aromatic carbocycles. The Balaban J connectivity index is 1.81. The van der Waals surface area contributed by atoms with Crippen molar-refractivity contribution in [3.8, 4) is 5.69 Å². The maximum Gasteiger partial charge on any atom is 0.247 e. The number of hydrogen-bond acceptors (Lipinski definition) is 4. The number of aryl methyl sites for hydroxylation is 1. The molecule has 1 N–H and O–H groups in total. The molecule has 2 amide bonds. The maximum atomic E-state index is 13.1. The number of carbonyl (C=O) groups excluding carboxylic acids is 2. The van der Waals surface area contributed by atoms with Gasteiger partial charge in [0.05, 0.1) is 18.0 Å². The molecule has 0 bridgehead atoms. The van der Waals surface area contributed by atoms with E-state index in [4.69, 9.17) is 9.84 Å². The molecule has 0 radical (unpaired) electrons. The third-order valence-corrected chi connectivity index (χ3v) is 5.52. The summed E-state index contributed by atoms with van der Waals surface area (Å²) in [5.74, 6) is -0.00482. The summed E-state index contributed by atoms with van der Waals surface area (Å²) in [5.41, 5.74) is 3.49. The van der Waals surface area contributed by atoms with Gasteiger partial charge in [-0.2, -0.15) is 5.10 Å². The van der Waals surface area contributed by atoms with Crippen molar-refractivity contribution in [3.05, 3.63) is 83.6 Å². The fourth-order valence-electron chi connectivity index (χ4n) is 3.48. The number of anilines is 1. The number of rotatable bonds is 9. The monoisotopic (exact) mass is 474 g/mol. The molecule has 0 spiro atoms. The van der Waals surface area contributed by atoms with Crippen LogP contribution in [0.1, 0.15) is 37.6 Å². The van der Waals surface area contributed by atoms with E-state index >= 15 is 0 Å². The molecular formula is C28H34N4O3. The lowest BCUT2D eigenvalue weighted by Gasteiger charge is -2.20. The number of hydrogen-bond donors (Lipinski definition) is 1. The molecule has 0 aliphatic rings. The molecule has 3 aromatic rings. The smallest absolute Gasteiger partial charge is 0.247 e. The van der Waals surface area contributed by atoms with Crippen LogP contribution >= 0.6 is 0 Å². The molecule has 1 heterocycles. The Morgan fingerprint density at radius 2 is 1.77 bits per heavy atom. The zero-order valence-electron chi connectivity index (χ0n) is 21.1. The summed E-state index contributed by atoms with van der Waals surface area (Å²) in [7, 11) is 1.57. The minimum absolute atomic E-state index is 0.106. The van der Waals surface area contributed by atoms with Crippen molar-refractivity contribution in [1.82, 2.24) is 14.7 Å². The van der Waals surface area contributed by atoms with E-state index in [2.05, 4.69) is 26.1 Å². The second-order valence-corrected chi connectivity index (χ2v) is 9.41. The average molecular weight is 475 g/mol. The van der Waals surface area contributed by atoms with Crippen LogP contribution in [0.25, 0.3) is 11.8 Å². The normalized spacial score (nSPS) is 11.6. The Hall–Kier alpha value is -3.71. The first-order valence-corrected chi connectivity index (χ1v) is 11.7. The maximum absolute atomic E-state index is 13.1. The summed E-state index contributed by atoms with van der Waals surface area (Å²) in [6.07, 6.45) is 3.22. The minimum Gasteiger partial charge on any atom is -0.383 e. The van der Waals surface area contributed by atoms with Gasteiger partial charge in [-0.1, -0.05) is 69.3 Å². The Kier molecular flexibility index (Phi) is 8.60. The Labute approximate surface area is 207 Å². The Bertz CT molecular complexity index is 1180. The second-order valence-electron chi connectivity index (χ2n) is 9.41. The number of methoxy groups -OCH3 is 1. The molecule has 0 aliphatic carbocycles. The van der Waals surface area contributed by atoms with Gasteiger partial charge < -0.3 is 15.0 Å². The van der Waals surface area contributed by atoms with Crippen LogP contribution in [0, 0.1) is 6.92 Å². The van der Waals surface area contributed by atoms with Crippen molar-refractivity contribution in [2.24, 2.45) is 0 Å². The highest BCUT2D eigenvalue weighted by molar-refractivity contribution is 5.97. The van der Waals surface area contributed by atoms with Crippen LogP contribution in [0.15, 0.2) is 66.7 Å². The lowest BCUT2D eigenvalue weighted by molar-refractivity contribution is -0.131. The predicted molar refractivity (Wildman–Crippen MR) is 140 cm³/mol. The van der Waals surface area contributed by atoms with Crippen molar-refractivity contribution < 1.29 is 14.3 Å². The van der Waals surface area contributed by atoms with E-state index in [0.717, 1.165) is 22.5 Å². The molecule has 35 heavy (non-hydrogen) atoms. The van der Waals surface area contributed by atoms with E-state index in [9.17, 15) is 9.59 Å². The van der Waals surface area contributed by atoms with Gasteiger partial charge in [0, 0.05) is 31.2 Å². The van der Waals surface area contributed by atoms with Crippen LogP contribution in [0.3, 0.4) is 0 Å². The predicted octanol–water partition coefficient (Wildman–Crippen LogP) is 4.61. The standard InChI is InChI=1S/C28H34N4O3/c1-21-11-9-10-14-23(21)32-25(19-24(30-32)28(2,3)4)29-26(33)20-31(17-18-35-5)27(34)16-15-22-12-7-6-8-13-22/h6-16,19H,17-18,20H2,1-5H3,(H,29,33). The molecule has 0 fully saturated rings. The lowest BCUT2D eigenvalue weighted by atomic mass is 9.92. The highest BCUT2D eigenvalue weighted by Crippen LogP contribution is 2.27. The molecule has 0 saturated heterocycles. The number of amides is 2. The summed E-state index contributed by atoms with van der Waals surface area (Å²) in [5, 5.41) is 7.75. The number of benzene rings is 2. The lowest BCUT2D eigenvalue weighted by Crippen LogP contribution is -2.39. The number of nitrogens with one attached hydrogen (secondary N) is 1. The second kappa shape index (κ2) is 11.6. The van der Waals surface area contributed by atoms with Gasteiger partial charge in [-0.25, -0.2) is 4.68 Å². The van der Waals surface area contributed by atoms with Crippen molar-refractivity contribution >= 4 is 23.7 Å². The number of ether oxygens (including phenoxy) is 1. The van der Waals surface area contributed by atoms with Gasteiger partial charge in [0.1, 0.15) is 12.4 Å². The van der Waals surface area contributed by atoms with Gasteiger partial charge in [-0.3, -0.25) is 9.59 Å². The summed E-state index contributed by atoms with van der Waals surface area (Å²) in [6, 6.07) is 19.3. The number of carbonyl (C=O) groups is 2. The Morgan fingerprint density at radius 3 is 2.43 bits per heavy atom. The van der Waals surface area contributed by atoms with E-state index in [0.29, 0.717) is 19.0 Å². The van der Waals surface area contributed by atoms with E-state index in [1.54, 1.807) is 17.9 Å². The number of aromatic nitrogens is 2. The van der Waals surface area contributed by atoms with Gasteiger partial charge in [0.25, 0.3) is 0 Å². The fraction of sp³-hybridized carbons (Fsp3) is 0.321. The molecule has 7 heteroatoms. The summed E-state index contributed by atoms with van der Waals surface area (Å²) in [6.45, 7) is 8.75. The van der Waals surface area contributed by atoms with Gasteiger partial charge in [0.2, 0.25) is 11.8 Å². The summed E-state index contributed by atoms with van der Waals surface area (Å²) < 4.78 is 6.91. The van der Waals surface area contributed by atoms with Crippen molar-refractivity contribution in [1.29, 1.82) is 0 Å². The highest BCUT2D eigenvalue weighted by atomic mass is 16.5. The number of nitrogens with zero attached hydrogens (tertiary/aromatic N) is 3. The molecule has 0 saturated carbocycles. The minimum atomic E-state index is -0.308. The van der Waals surface area contributed by atoms with E-state index in [-0.39, 0.29) is 23.8 Å². The van der Waals surface area contributed by atoms with Crippen molar-refractivity contribution in [2.75, 3.05) is 32.1 Å². The molecule has 184 valence electrons. The van der Waals surface area contributed by atoms with Crippen LogP contribution in [-0.2, 0) is 19.7 Å². The quantitative estimate of drug-likeness (QED) is 0.460.